The number of aromatic nitrogens is 2. The fourth-order valence-electron chi connectivity index (χ4n) is 0.600. The molecule has 0 spiro atoms. The number of nitrogens with zero attached hydrogens (tertiary/aromatic N) is 2. The van der Waals surface area contributed by atoms with Crippen LogP contribution in [-0.4, -0.2) is 9.97 Å². The number of nitrogen functional groups attached to an aromatic ring is 1. The summed E-state index contributed by atoms with van der Waals surface area (Å²) in [6.45, 7) is 0. The molecule has 0 radical (unpaired) electrons. The molecule has 0 fully saturated rings. The molecule has 0 aliphatic carbocycles. The first-order valence-corrected chi connectivity index (χ1v) is 3.14. The summed E-state index contributed by atoms with van der Waals surface area (Å²) in [6, 6.07) is 0. The molecular weight excluding hydrogens is 195 g/mol. The van der Waals surface area contributed by atoms with E-state index in [-0.39, 0.29) is 0 Å². The zero-order valence-electron chi connectivity index (χ0n) is 5.56. The van der Waals surface area contributed by atoms with E-state index in [0.29, 0.717) is 6.33 Å². The maximum Gasteiger partial charge on any atom is 0.435 e. The molecule has 0 aromatic carbocycles. The molecule has 1 rings (SSSR count). The van der Waals surface area contributed by atoms with E-state index >= 15 is 0 Å². The van der Waals surface area contributed by atoms with Crippen LogP contribution >= 0.6 is 11.6 Å². The summed E-state index contributed by atoms with van der Waals surface area (Å²) in [5.74, 6) is 0. The van der Waals surface area contributed by atoms with Crippen molar-refractivity contribution >= 4 is 17.3 Å². The molecule has 0 saturated heterocycles. The highest BCUT2D eigenvalue weighted by Gasteiger charge is 2.35. The average Bonchev–Trinajstić information content (AvgIpc) is 1.92. The smallest absolute Gasteiger partial charge is 0.394 e. The van der Waals surface area contributed by atoms with Gasteiger partial charge in [-0.25, -0.2) is 9.97 Å². The summed E-state index contributed by atoms with van der Waals surface area (Å²) in [5, 5.41) is -0.391. The molecule has 7 heteroatoms. The van der Waals surface area contributed by atoms with E-state index in [1.807, 2.05) is 0 Å². The van der Waals surface area contributed by atoms with E-state index in [0.717, 1.165) is 0 Å². The third-order valence-electron chi connectivity index (χ3n) is 1.10. The van der Waals surface area contributed by atoms with Crippen LogP contribution in [0.1, 0.15) is 5.69 Å². The minimum atomic E-state index is -4.59. The first-order chi connectivity index (χ1) is 5.43. The Labute approximate surface area is 70.4 Å². The van der Waals surface area contributed by atoms with Crippen LogP contribution in [0.15, 0.2) is 6.33 Å². The standard InChI is InChI=1S/C5H3ClF3N3/c6-4-2(10)3(5(7,8)9)11-1-12-4/h1H,10H2. The molecule has 0 aliphatic rings. The van der Waals surface area contributed by atoms with Gasteiger partial charge in [-0.3, -0.25) is 0 Å². The van der Waals surface area contributed by atoms with Gasteiger partial charge in [0.25, 0.3) is 0 Å². The van der Waals surface area contributed by atoms with Crippen molar-refractivity contribution in [3.8, 4) is 0 Å². The van der Waals surface area contributed by atoms with Gasteiger partial charge < -0.3 is 5.73 Å². The Morgan fingerprint density at radius 1 is 1.33 bits per heavy atom. The molecule has 12 heavy (non-hydrogen) atoms. The third-order valence-corrected chi connectivity index (χ3v) is 1.40. The molecular formula is C5H3ClF3N3. The lowest BCUT2D eigenvalue weighted by molar-refractivity contribution is -0.140. The molecule has 0 aliphatic heterocycles. The average molecular weight is 198 g/mol. The lowest BCUT2D eigenvalue weighted by Crippen LogP contribution is -2.12. The Bertz CT molecular complexity index is 298. The van der Waals surface area contributed by atoms with Crippen LogP contribution in [0.5, 0.6) is 0 Å². The van der Waals surface area contributed by atoms with E-state index in [4.69, 9.17) is 17.3 Å². The molecule has 1 aromatic heterocycles. The minimum absolute atomic E-state index is 0.391. The molecule has 1 aromatic rings. The van der Waals surface area contributed by atoms with Crippen LogP contribution in [0.25, 0.3) is 0 Å². The Balaban J connectivity index is 3.26. The number of halogens is 4. The summed E-state index contributed by atoms with van der Waals surface area (Å²) in [6.07, 6.45) is -3.88. The van der Waals surface area contributed by atoms with Crippen LogP contribution in [0, 0.1) is 0 Å². The molecule has 0 atom stereocenters. The summed E-state index contributed by atoms with van der Waals surface area (Å²) >= 11 is 5.24. The van der Waals surface area contributed by atoms with Crippen molar-refractivity contribution in [2.75, 3.05) is 5.73 Å². The van der Waals surface area contributed by atoms with E-state index in [2.05, 4.69) is 9.97 Å². The van der Waals surface area contributed by atoms with Gasteiger partial charge in [-0.05, 0) is 0 Å². The van der Waals surface area contributed by atoms with E-state index in [9.17, 15) is 13.2 Å². The lowest BCUT2D eigenvalue weighted by atomic mass is 10.3. The summed E-state index contributed by atoms with van der Waals surface area (Å²) < 4.78 is 36.0. The number of hydrogen-bond donors (Lipinski definition) is 1. The fraction of sp³-hybridized carbons (Fsp3) is 0.200. The number of hydrogen-bond acceptors (Lipinski definition) is 3. The van der Waals surface area contributed by atoms with Crippen LogP contribution < -0.4 is 5.73 Å². The first-order valence-electron chi connectivity index (χ1n) is 2.76. The molecule has 0 unspecified atom stereocenters. The van der Waals surface area contributed by atoms with Crippen molar-refractivity contribution in [3.05, 3.63) is 17.2 Å². The van der Waals surface area contributed by atoms with Gasteiger partial charge in [0.2, 0.25) is 0 Å². The molecule has 1 heterocycles. The molecule has 2 N–H and O–H groups in total. The maximum atomic E-state index is 12.0. The predicted molar refractivity (Wildman–Crippen MR) is 36.5 cm³/mol. The van der Waals surface area contributed by atoms with Crippen LogP contribution in [0.2, 0.25) is 5.15 Å². The Kier molecular flexibility index (Phi) is 2.10. The van der Waals surface area contributed by atoms with Crippen molar-refractivity contribution < 1.29 is 13.2 Å². The second kappa shape index (κ2) is 2.78. The summed E-state index contributed by atoms with van der Waals surface area (Å²) in [5.41, 5.74) is 3.14. The predicted octanol–water partition coefficient (Wildman–Crippen LogP) is 1.73. The van der Waals surface area contributed by atoms with E-state index in [1.54, 1.807) is 0 Å². The summed E-state index contributed by atoms with van der Waals surface area (Å²) in [4.78, 5) is 6.25. The zero-order chi connectivity index (χ0) is 9.35. The van der Waals surface area contributed by atoms with E-state index < -0.39 is 22.7 Å². The van der Waals surface area contributed by atoms with Gasteiger partial charge in [-0.2, -0.15) is 13.2 Å². The molecule has 0 saturated carbocycles. The topological polar surface area (TPSA) is 51.8 Å². The second-order valence-corrected chi connectivity index (χ2v) is 2.28. The normalized spacial score (nSPS) is 11.7. The van der Waals surface area contributed by atoms with Gasteiger partial charge in [0.1, 0.15) is 12.0 Å². The molecule has 0 bridgehead atoms. The summed E-state index contributed by atoms with van der Waals surface area (Å²) in [7, 11) is 0. The van der Waals surface area contributed by atoms with Gasteiger partial charge in [-0.15, -0.1) is 0 Å². The monoisotopic (exact) mass is 197 g/mol. The van der Waals surface area contributed by atoms with Crippen molar-refractivity contribution in [1.82, 2.24) is 9.97 Å². The van der Waals surface area contributed by atoms with Gasteiger partial charge in [0, 0.05) is 0 Å². The number of rotatable bonds is 0. The Morgan fingerprint density at radius 3 is 2.33 bits per heavy atom. The van der Waals surface area contributed by atoms with E-state index in [1.165, 1.54) is 0 Å². The van der Waals surface area contributed by atoms with Crippen LogP contribution in [-0.2, 0) is 6.18 Å². The fourth-order valence-corrected chi connectivity index (χ4v) is 0.733. The van der Waals surface area contributed by atoms with Gasteiger partial charge >= 0.3 is 6.18 Å². The lowest BCUT2D eigenvalue weighted by Gasteiger charge is -2.07. The van der Waals surface area contributed by atoms with Crippen molar-refractivity contribution in [2.45, 2.75) is 6.18 Å². The Hall–Kier alpha value is -1.04. The maximum absolute atomic E-state index is 12.0. The minimum Gasteiger partial charge on any atom is -0.394 e. The molecule has 0 amide bonds. The van der Waals surface area contributed by atoms with Gasteiger partial charge in [0.05, 0.1) is 0 Å². The highest BCUT2D eigenvalue weighted by atomic mass is 35.5. The number of alkyl halides is 3. The highest BCUT2D eigenvalue weighted by molar-refractivity contribution is 6.31. The van der Waals surface area contributed by atoms with Crippen molar-refractivity contribution in [1.29, 1.82) is 0 Å². The van der Waals surface area contributed by atoms with Crippen LogP contribution in [0.3, 0.4) is 0 Å². The second-order valence-electron chi connectivity index (χ2n) is 1.92. The van der Waals surface area contributed by atoms with Gasteiger partial charge in [-0.1, -0.05) is 11.6 Å². The van der Waals surface area contributed by atoms with Crippen LogP contribution in [0.4, 0.5) is 18.9 Å². The molecule has 66 valence electrons. The first kappa shape index (κ1) is 9.05. The quantitative estimate of drug-likeness (QED) is 0.645. The molecule has 3 nitrogen and oxygen atoms in total. The van der Waals surface area contributed by atoms with Gasteiger partial charge in [0.15, 0.2) is 10.8 Å². The van der Waals surface area contributed by atoms with Crippen molar-refractivity contribution in [2.24, 2.45) is 0 Å². The number of anilines is 1. The van der Waals surface area contributed by atoms with Crippen molar-refractivity contribution in [3.63, 3.8) is 0 Å². The Morgan fingerprint density at radius 2 is 1.92 bits per heavy atom. The zero-order valence-corrected chi connectivity index (χ0v) is 6.32. The SMILES string of the molecule is Nc1c(Cl)ncnc1C(F)(F)F. The third kappa shape index (κ3) is 1.58. The largest absolute Gasteiger partial charge is 0.435 e. The highest BCUT2D eigenvalue weighted by Crippen LogP contribution is 2.33. The number of nitrogens with two attached hydrogens (primary N) is 1.